The van der Waals surface area contributed by atoms with Crippen molar-refractivity contribution in [2.75, 3.05) is 13.2 Å². The quantitative estimate of drug-likeness (QED) is 0.518. The van der Waals surface area contributed by atoms with Crippen molar-refractivity contribution in [2.45, 2.75) is 19.6 Å². The number of para-hydroxylation sites is 2. The molecule has 0 bridgehead atoms. The molecule has 0 aliphatic carbocycles. The number of ether oxygens (including phenoxy) is 2. The van der Waals surface area contributed by atoms with Crippen molar-refractivity contribution in [3.8, 4) is 11.5 Å². The molecule has 5 rings (SSSR count). The van der Waals surface area contributed by atoms with Crippen LogP contribution < -0.4 is 9.47 Å². The monoisotopic (exact) mass is 434 g/mol. The van der Waals surface area contributed by atoms with Gasteiger partial charge in [-0.2, -0.15) is 5.10 Å². The van der Waals surface area contributed by atoms with Crippen molar-refractivity contribution in [1.82, 2.24) is 19.7 Å². The van der Waals surface area contributed by atoms with Gasteiger partial charge in [0, 0.05) is 30.7 Å². The number of aromatic nitrogens is 3. The van der Waals surface area contributed by atoms with E-state index in [0.717, 1.165) is 22.2 Å². The Morgan fingerprint density at radius 2 is 2.06 bits per heavy atom. The van der Waals surface area contributed by atoms with E-state index >= 15 is 0 Å². The molecular weight excluding hydrogens is 411 g/mol. The number of halogens is 1. The maximum absolute atomic E-state index is 13.9. The number of benzene rings is 2. The highest BCUT2D eigenvalue weighted by atomic mass is 19.1. The highest BCUT2D eigenvalue weighted by Gasteiger charge is 2.28. The number of rotatable bonds is 5. The lowest BCUT2D eigenvalue weighted by atomic mass is 10.1. The highest BCUT2D eigenvalue weighted by molar-refractivity contribution is 5.93. The Morgan fingerprint density at radius 3 is 2.84 bits per heavy atom. The fraction of sp³-hybridized carbons (Fsp3) is 0.250. The van der Waals surface area contributed by atoms with Gasteiger partial charge in [-0.05, 0) is 48.9 Å². The second-order valence-corrected chi connectivity index (χ2v) is 7.98. The number of H-pyrrole nitrogens is 1. The van der Waals surface area contributed by atoms with E-state index in [4.69, 9.17) is 9.47 Å². The molecule has 7 nitrogen and oxygen atoms in total. The van der Waals surface area contributed by atoms with Gasteiger partial charge >= 0.3 is 0 Å². The minimum Gasteiger partial charge on any atom is -0.486 e. The topological polar surface area (TPSA) is 72.4 Å². The van der Waals surface area contributed by atoms with Gasteiger partial charge in [0.15, 0.2) is 17.6 Å². The third-order valence-corrected chi connectivity index (χ3v) is 5.59. The molecule has 0 saturated carbocycles. The van der Waals surface area contributed by atoms with Crippen molar-refractivity contribution in [3.63, 3.8) is 0 Å². The largest absolute Gasteiger partial charge is 0.486 e. The molecule has 32 heavy (non-hydrogen) atoms. The Balaban J connectivity index is 1.45. The molecule has 1 amide bonds. The summed E-state index contributed by atoms with van der Waals surface area (Å²) < 4.78 is 27.4. The van der Waals surface area contributed by atoms with Crippen LogP contribution in [-0.4, -0.2) is 44.8 Å². The average Bonchev–Trinajstić information content (AvgIpc) is 3.34. The van der Waals surface area contributed by atoms with Gasteiger partial charge in [0.05, 0.1) is 12.2 Å². The minimum atomic E-state index is -0.342. The van der Waals surface area contributed by atoms with Crippen LogP contribution in [0.4, 0.5) is 4.39 Å². The van der Waals surface area contributed by atoms with Gasteiger partial charge in [0.2, 0.25) is 0 Å². The van der Waals surface area contributed by atoms with Gasteiger partial charge in [-0.15, -0.1) is 0 Å². The summed E-state index contributed by atoms with van der Waals surface area (Å²) in [6.07, 6.45) is 1.47. The Bertz CT molecular complexity index is 1300. The second-order valence-electron chi connectivity index (χ2n) is 7.98. The Labute approximate surface area is 184 Å². The van der Waals surface area contributed by atoms with Crippen molar-refractivity contribution in [1.29, 1.82) is 0 Å². The van der Waals surface area contributed by atoms with E-state index in [-0.39, 0.29) is 24.4 Å². The summed E-state index contributed by atoms with van der Waals surface area (Å²) in [4.78, 5) is 18.4. The number of hydrogen-bond acceptors (Lipinski definition) is 4. The summed E-state index contributed by atoms with van der Waals surface area (Å²) >= 11 is 0. The van der Waals surface area contributed by atoms with Gasteiger partial charge in [0.1, 0.15) is 18.1 Å². The molecule has 1 unspecified atom stereocenters. The van der Waals surface area contributed by atoms with Crippen molar-refractivity contribution in [2.24, 2.45) is 7.05 Å². The van der Waals surface area contributed by atoms with E-state index in [1.54, 1.807) is 28.8 Å². The van der Waals surface area contributed by atoms with Gasteiger partial charge in [-0.25, -0.2) is 4.39 Å². The van der Waals surface area contributed by atoms with E-state index in [1.807, 2.05) is 37.4 Å². The predicted molar refractivity (Wildman–Crippen MR) is 117 cm³/mol. The average molecular weight is 434 g/mol. The van der Waals surface area contributed by atoms with Crippen molar-refractivity contribution < 1.29 is 18.7 Å². The van der Waals surface area contributed by atoms with Gasteiger partial charge in [-0.3, -0.25) is 9.48 Å². The van der Waals surface area contributed by atoms with Crippen molar-refractivity contribution in [3.05, 3.63) is 77.5 Å². The number of nitrogens with zero attached hydrogens (tertiary/aromatic N) is 3. The number of amides is 1. The van der Waals surface area contributed by atoms with Crippen LogP contribution in [0.1, 0.15) is 21.7 Å². The van der Waals surface area contributed by atoms with Gasteiger partial charge in [-0.1, -0.05) is 12.1 Å². The Morgan fingerprint density at radius 1 is 1.25 bits per heavy atom. The number of carbonyl (C=O) groups is 1. The molecule has 2 aromatic heterocycles. The second kappa shape index (κ2) is 8.03. The molecule has 0 saturated heterocycles. The SMILES string of the molecule is Cc1cc(C(=O)N(Cc2c[nH]c3ccc(F)cc23)CC2COc3ccccc3O2)n(C)n1. The molecule has 2 aromatic carbocycles. The number of fused-ring (bicyclic) bond motifs is 2. The van der Waals surface area contributed by atoms with Crippen LogP contribution in [0.3, 0.4) is 0 Å². The summed E-state index contributed by atoms with van der Waals surface area (Å²) in [6, 6.07) is 13.8. The highest BCUT2D eigenvalue weighted by Crippen LogP contribution is 2.31. The number of hydrogen-bond donors (Lipinski definition) is 1. The summed E-state index contributed by atoms with van der Waals surface area (Å²) in [5, 5.41) is 5.05. The zero-order chi connectivity index (χ0) is 22.2. The molecule has 4 aromatic rings. The van der Waals surface area contributed by atoms with E-state index in [1.165, 1.54) is 12.1 Å². The molecule has 8 heteroatoms. The minimum absolute atomic E-state index is 0.179. The lowest BCUT2D eigenvalue weighted by Gasteiger charge is -2.31. The predicted octanol–water partition coefficient (Wildman–Crippen LogP) is 3.83. The first-order valence-corrected chi connectivity index (χ1v) is 10.4. The lowest BCUT2D eigenvalue weighted by Crippen LogP contribution is -2.43. The summed E-state index contributed by atoms with van der Waals surface area (Å²) in [5.41, 5.74) is 2.88. The normalized spacial score (nSPS) is 15.2. The van der Waals surface area contributed by atoms with Gasteiger partial charge < -0.3 is 19.4 Å². The van der Waals surface area contributed by atoms with Crippen LogP contribution in [0.25, 0.3) is 10.9 Å². The third-order valence-electron chi connectivity index (χ3n) is 5.59. The fourth-order valence-electron chi connectivity index (χ4n) is 4.08. The Kier molecular flexibility index (Phi) is 5.05. The van der Waals surface area contributed by atoms with Gasteiger partial charge in [0.25, 0.3) is 5.91 Å². The zero-order valence-corrected chi connectivity index (χ0v) is 17.8. The lowest BCUT2D eigenvalue weighted by molar-refractivity contribution is 0.0438. The molecule has 3 heterocycles. The number of aryl methyl sites for hydroxylation is 2. The number of nitrogens with one attached hydrogen (secondary N) is 1. The molecule has 1 atom stereocenters. The molecule has 164 valence electrons. The van der Waals surface area contributed by atoms with E-state index in [9.17, 15) is 9.18 Å². The molecule has 1 aliphatic rings. The van der Waals surface area contributed by atoms with Crippen LogP contribution in [0.5, 0.6) is 11.5 Å². The fourth-order valence-corrected chi connectivity index (χ4v) is 4.08. The first-order chi connectivity index (χ1) is 15.5. The molecule has 0 fully saturated rings. The van der Waals surface area contributed by atoms with E-state index in [0.29, 0.717) is 30.3 Å². The molecule has 0 radical (unpaired) electrons. The molecule has 1 N–H and O–H groups in total. The van der Waals surface area contributed by atoms with Crippen LogP contribution in [-0.2, 0) is 13.6 Å². The van der Waals surface area contributed by atoms with Crippen LogP contribution in [0, 0.1) is 12.7 Å². The number of aromatic amines is 1. The summed E-state index contributed by atoms with van der Waals surface area (Å²) in [5.74, 6) is 0.845. The van der Waals surface area contributed by atoms with Crippen LogP contribution in [0.15, 0.2) is 54.7 Å². The van der Waals surface area contributed by atoms with Crippen LogP contribution >= 0.6 is 0 Å². The van der Waals surface area contributed by atoms with E-state index in [2.05, 4.69) is 10.1 Å². The molecular formula is C24H23FN4O3. The molecule has 1 aliphatic heterocycles. The first kappa shape index (κ1) is 20.1. The van der Waals surface area contributed by atoms with Crippen molar-refractivity contribution >= 4 is 16.8 Å². The third kappa shape index (κ3) is 3.79. The summed E-state index contributed by atoms with van der Waals surface area (Å²) in [7, 11) is 1.75. The number of carbonyl (C=O) groups excluding carboxylic acids is 1. The maximum Gasteiger partial charge on any atom is 0.272 e. The summed E-state index contributed by atoms with van der Waals surface area (Å²) in [6.45, 7) is 2.76. The maximum atomic E-state index is 13.9. The van der Waals surface area contributed by atoms with Crippen LogP contribution in [0.2, 0.25) is 0 Å². The smallest absolute Gasteiger partial charge is 0.272 e. The molecule has 0 spiro atoms. The van der Waals surface area contributed by atoms with E-state index < -0.39 is 0 Å². The zero-order valence-electron chi connectivity index (χ0n) is 17.8. The Hall–Kier alpha value is -3.81. The first-order valence-electron chi connectivity index (χ1n) is 10.4. The standard InChI is InChI=1S/C24H23FN4O3/c1-15-9-21(28(2)27-15)24(30)29(12-16-11-26-20-8-7-17(25)10-19(16)20)13-18-14-31-22-5-3-4-6-23(22)32-18/h3-11,18,26H,12-14H2,1-2H3.